The lowest BCUT2D eigenvalue weighted by Gasteiger charge is -2.29. The third kappa shape index (κ3) is 4.17. The highest BCUT2D eigenvalue weighted by Crippen LogP contribution is 2.25. The van der Waals surface area contributed by atoms with Crippen LogP contribution in [-0.2, 0) is 13.0 Å². The number of anilines is 1. The molecule has 6 rings (SSSR count). The maximum absolute atomic E-state index is 13.2. The van der Waals surface area contributed by atoms with Crippen LogP contribution in [0.1, 0.15) is 31.8 Å². The highest BCUT2D eigenvalue weighted by Gasteiger charge is 2.23. The highest BCUT2D eigenvalue weighted by atomic mass is 32.1. The lowest BCUT2D eigenvalue weighted by Crippen LogP contribution is -2.36. The minimum absolute atomic E-state index is 0.00777. The van der Waals surface area contributed by atoms with Gasteiger partial charge in [0.2, 0.25) is 0 Å². The number of rotatable bonds is 4. The Bertz CT molecular complexity index is 1560. The average Bonchev–Trinajstić information content (AvgIpc) is 3.60. The van der Waals surface area contributed by atoms with Crippen molar-refractivity contribution in [3.63, 3.8) is 0 Å². The molecular formula is C26H20N6O2S. The Hall–Kier alpha value is -4.37. The van der Waals surface area contributed by atoms with E-state index in [0.717, 1.165) is 33.5 Å². The summed E-state index contributed by atoms with van der Waals surface area (Å²) < 4.78 is 2.77. The van der Waals surface area contributed by atoms with E-state index in [0.29, 0.717) is 29.9 Å². The third-order valence-corrected chi connectivity index (χ3v) is 6.96. The first-order valence-electron chi connectivity index (χ1n) is 11.1. The van der Waals surface area contributed by atoms with Crippen LogP contribution in [0, 0.1) is 0 Å². The topological polar surface area (TPSA) is 93.0 Å². The van der Waals surface area contributed by atoms with Crippen LogP contribution >= 0.6 is 11.3 Å². The zero-order valence-electron chi connectivity index (χ0n) is 18.6. The van der Waals surface area contributed by atoms with Crippen molar-refractivity contribution in [2.45, 2.75) is 13.0 Å². The SMILES string of the molecule is O=C(Nc1cccc(-n2cnnc2)c1)c1ccc2c(c1)CN(C(=O)c1ccc3ncsc3c1)CC2. The number of thiazole rings is 1. The van der Waals surface area contributed by atoms with E-state index in [-0.39, 0.29) is 11.8 Å². The molecule has 1 aliphatic rings. The van der Waals surface area contributed by atoms with E-state index >= 15 is 0 Å². The third-order valence-electron chi connectivity index (χ3n) is 6.17. The monoisotopic (exact) mass is 480 g/mol. The lowest BCUT2D eigenvalue weighted by atomic mass is 9.96. The molecule has 0 bridgehead atoms. The number of amides is 2. The lowest BCUT2D eigenvalue weighted by molar-refractivity contribution is 0.0735. The van der Waals surface area contributed by atoms with Crippen molar-refractivity contribution in [2.24, 2.45) is 0 Å². The highest BCUT2D eigenvalue weighted by molar-refractivity contribution is 7.16. The Kier molecular flexibility index (Phi) is 5.31. The van der Waals surface area contributed by atoms with Crippen molar-refractivity contribution >= 4 is 39.1 Å². The maximum Gasteiger partial charge on any atom is 0.255 e. The summed E-state index contributed by atoms with van der Waals surface area (Å²) in [6, 6.07) is 18.8. The first-order chi connectivity index (χ1) is 17.1. The molecular weight excluding hydrogens is 460 g/mol. The van der Waals surface area contributed by atoms with Crippen LogP contribution in [-0.4, -0.2) is 43.0 Å². The number of hydrogen-bond donors (Lipinski definition) is 1. The Morgan fingerprint density at radius 2 is 1.77 bits per heavy atom. The summed E-state index contributed by atoms with van der Waals surface area (Å²) in [7, 11) is 0. The molecule has 0 saturated carbocycles. The number of fused-ring (bicyclic) bond motifs is 2. The molecule has 35 heavy (non-hydrogen) atoms. The van der Waals surface area contributed by atoms with Crippen molar-refractivity contribution < 1.29 is 9.59 Å². The molecule has 1 aliphatic heterocycles. The summed E-state index contributed by atoms with van der Waals surface area (Å²) in [5.41, 5.74) is 7.59. The molecule has 9 heteroatoms. The second kappa shape index (κ2) is 8.77. The average molecular weight is 481 g/mol. The van der Waals surface area contributed by atoms with Crippen LogP contribution < -0.4 is 5.32 Å². The molecule has 3 aromatic carbocycles. The molecule has 0 saturated heterocycles. The van der Waals surface area contributed by atoms with Gasteiger partial charge in [-0.15, -0.1) is 21.5 Å². The number of carbonyl (C=O) groups is 2. The number of benzene rings is 3. The van der Waals surface area contributed by atoms with Gasteiger partial charge in [-0.25, -0.2) is 4.98 Å². The largest absolute Gasteiger partial charge is 0.334 e. The standard InChI is InChI=1S/C26H20N6O2S/c33-25(30-21-2-1-3-22(12-21)32-14-28-29-15-32)18-5-4-17-8-9-31(13-20(17)10-18)26(34)19-6-7-23-24(11-19)35-16-27-23/h1-7,10-12,14-16H,8-9,13H2,(H,30,33). The van der Waals surface area contributed by atoms with Gasteiger partial charge in [-0.1, -0.05) is 12.1 Å². The Morgan fingerprint density at radius 1 is 0.914 bits per heavy atom. The summed E-state index contributed by atoms with van der Waals surface area (Å²) >= 11 is 1.53. The van der Waals surface area contributed by atoms with Crippen LogP contribution in [0.5, 0.6) is 0 Å². The zero-order valence-corrected chi connectivity index (χ0v) is 19.4. The van der Waals surface area contributed by atoms with Gasteiger partial charge < -0.3 is 10.2 Å². The number of aromatic nitrogens is 4. The van der Waals surface area contributed by atoms with Crippen molar-refractivity contribution in [3.05, 3.63) is 101 Å². The minimum Gasteiger partial charge on any atom is -0.334 e. The molecule has 0 unspecified atom stereocenters. The fourth-order valence-corrected chi connectivity index (χ4v) is 5.04. The quantitative estimate of drug-likeness (QED) is 0.413. The van der Waals surface area contributed by atoms with E-state index in [4.69, 9.17) is 0 Å². The minimum atomic E-state index is -0.201. The Labute approximate surface area is 204 Å². The molecule has 0 atom stereocenters. The van der Waals surface area contributed by atoms with Gasteiger partial charge in [0.1, 0.15) is 12.7 Å². The maximum atomic E-state index is 13.2. The van der Waals surface area contributed by atoms with Crippen LogP contribution in [0.3, 0.4) is 0 Å². The summed E-state index contributed by atoms with van der Waals surface area (Å²) in [5, 5.41) is 10.6. The van der Waals surface area contributed by atoms with Gasteiger partial charge in [-0.05, 0) is 66.1 Å². The summed E-state index contributed by atoms with van der Waals surface area (Å²) in [5.74, 6) is -0.209. The van der Waals surface area contributed by atoms with E-state index in [1.165, 1.54) is 11.3 Å². The van der Waals surface area contributed by atoms with Gasteiger partial charge in [-0.2, -0.15) is 0 Å². The van der Waals surface area contributed by atoms with Crippen molar-refractivity contribution in [1.82, 2.24) is 24.6 Å². The predicted octanol–water partition coefficient (Wildman–Crippen LogP) is 4.33. The molecule has 0 aliphatic carbocycles. The van der Waals surface area contributed by atoms with Crippen LogP contribution in [0.15, 0.2) is 78.8 Å². The number of nitrogens with one attached hydrogen (secondary N) is 1. The molecule has 2 amide bonds. The Morgan fingerprint density at radius 3 is 2.66 bits per heavy atom. The van der Waals surface area contributed by atoms with E-state index in [1.54, 1.807) is 22.7 Å². The predicted molar refractivity (Wildman–Crippen MR) is 134 cm³/mol. The molecule has 8 nitrogen and oxygen atoms in total. The number of hydrogen-bond acceptors (Lipinski definition) is 6. The molecule has 172 valence electrons. The second-order valence-corrected chi connectivity index (χ2v) is 9.26. The molecule has 1 N–H and O–H groups in total. The van der Waals surface area contributed by atoms with Crippen molar-refractivity contribution in [2.75, 3.05) is 11.9 Å². The van der Waals surface area contributed by atoms with Crippen molar-refractivity contribution in [1.29, 1.82) is 0 Å². The summed E-state index contributed by atoms with van der Waals surface area (Å²) in [6.07, 6.45) is 3.96. The van der Waals surface area contributed by atoms with E-state index in [2.05, 4.69) is 20.5 Å². The van der Waals surface area contributed by atoms with Crippen LogP contribution in [0.2, 0.25) is 0 Å². The fourth-order valence-electron chi connectivity index (χ4n) is 4.32. The molecule has 3 heterocycles. The number of nitrogens with zero attached hydrogens (tertiary/aromatic N) is 5. The van der Waals surface area contributed by atoms with Gasteiger partial charge in [0.25, 0.3) is 11.8 Å². The van der Waals surface area contributed by atoms with Gasteiger partial charge >= 0.3 is 0 Å². The first-order valence-corrected chi connectivity index (χ1v) is 12.0. The summed E-state index contributed by atoms with van der Waals surface area (Å²) in [4.78, 5) is 32.3. The molecule has 0 radical (unpaired) electrons. The van der Waals surface area contributed by atoms with Gasteiger partial charge in [0, 0.05) is 29.9 Å². The molecule has 2 aromatic heterocycles. The molecule has 5 aromatic rings. The van der Waals surface area contributed by atoms with E-state index in [9.17, 15) is 9.59 Å². The van der Waals surface area contributed by atoms with E-state index in [1.807, 2.05) is 65.6 Å². The van der Waals surface area contributed by atoms with Crippen LogP contribution in [0.25, 0.3) is 15.9 Å². The molecule has 0 fully saturated rings. The molecule has 0 spiro atoms. The first kappa shape index (κ1) is 21.2. The number of carbonyl (C=O) groups excluding carboxylic acids is 2. The smallest absolute Gasteiger partial charge is 0.255 e. The second-order valence-electron chi connectivity index (χ2n) is 8.37. The van der Waals surface area contributed by atoms with Crippen molar-refractivity contribution in [3.8, 4) is 5.69 Å². The van der Waals surface area contributed by atoms with Gasteiger partial charge in [0.05, 0.1) is 21.4 Å². The normalized spacial score (nSPS) is 13.0. The Balaban J connectivity index is 1.19. The summed E-state index contributed by atoms with van der Waals surface area (Å²) in [6.45, 7) is 1.12. The van der Waals surface area contributed by atoms with Gasteiger partial charge in [-0.3, -0.25) is 14.2 Å². The fraction of sp³-hybridized carbons (Fsp3) is 0.115. The zero-order chi connectivity index (χ0) is 23.8. The van der Waals surface area contributed by atoms with Crippen LogP contribution in [0.4, 0.5) is 5.69 Å². The van der Waals surface area contributed by atoms with E-state index < -0.39 is 0 Å². The van der Waals surface area contributed by atoms with Gasteiger partial charge in [0.15, 0.2) is 0 Å².